The van der Waals surface area contributed by atoms with Crippen LogP contribution in [-0.4, -0.2) is 50.5 Å². The molecular weight excluding hydrogens is 438 g/mol. The first-order chi connectivity index (χ1) is 15.4. The van der Waals surface area contributed by atoms with Gasteiger partial charge < -0.3 is 10.2 Å². The third kappa shape index (κ3) is 7.32. The van der Waals surface area contributed by atoms with Crippen molar-refractivity contribution in [1.29, 1.82) is 0 Å². The highest BCUT2D eigenvalue weighted by atomic mass is 32.2. The molecule has 180 valence electrons. The molecule has 0 bridgehead atoms. The van der Waals surface area contributed by atoms with Gasteiger partial charge >= 0.3 is 0 Å². The number of benzene rings is 2. The van der Waals surface area contributed by atoms with Gasteiger partial charge in [-0.15, -0.1) is 0 Å². The minimum Gasteiger partial charge on any atom is -0.354 e. The van der Waals surface area contributed by atoms with Gasteiger partial charge in [-0.05, 0) is 56.9 Å². The molecule has 0 heterocycles. The first-order valence-corrected chi connectivity index (χ1v) is 13.0. The summed E-state index contributed by atoms with van der Waals surface area (Å²) < 4.78 is 26.5. The van der Waals surface area contributed by atoms with Crippen LogP contribution < -0.4 is 9.62 Å². The molecule has 0 saturated carbocycles. The summed E-state index contributed by atoms with van der Waals surface area (Å²) in [4.78, 5) is 27.7. The van der Waals surface area contributed by atoms with Gasteiger partial charge in [-0.1, -0.05) is 48.9 Å². The van der Waals surface area contributed by atoms with E-state index in [0.29, 0.717) is 12.2 Å². The smallest absolute Gasteiger partial charge is 0.244 e. The normalized spacial score (nSPS) is 12.2. The molecule has 8 heteroatoms. The van der Waals surface area contributed by atoms with E-state index in [1.807, 2.05) is 64.1 Å². The molecule has 0 fully saturated rings. The average molecular weight is 474 g/mol. The summed E-state index contributed by atoms with van der Waals surface area (Å²) in [6, 6.07) is 12.4. The van der Waals surface area contributed by atoms with Crippen LogP contribution in [0.15, 0.2) is 42.5 Å². The topological polar surface area (TPSA) is 86.8 Å². The second-order valence-electron chi connectivity index (χ2n) is 8.54. The SMILES string of the molecule is CCCNC(=O)[C@@H](C)N(Cc1cccc(C)c1)C(=O)CN(c1cc(C)ccc1C)S(C)(=O)=O. The van der Waals surface area contributed by atoms with Gasteiger partial charge in [0.25, 0.3) is 0 Å². The molecule has 2 rings (SSSR count). The zero-order valence-electron chi connectivity index (χ0n) is 20.4. The molecule has 0 aliphatic rings. The van der Waals surface area contributed by atoms with Gasteiger partial charge in [-0.25, -0.2) is 8.42 Å². The predicted molar refractivity (Wildman–Crippen MR) is 133 cm³/mol. The fourth-order valence-electron chi connectivity index (χ4n) is 3.57. The molecule has 2 aromatic rings. The molecule has 0 saturated heterocycles. The Bertz CT molecular complexity index is 1100. The Balaban J connectivity index is 2.42. The van der Waals surface area contributed by atoms with E-state index >= 15 is 0 Å². The highest BCUT2D eigenvalue weighted by Gasteiger charge is 2.30. The van der Waals surface area contributed by atoms with Gasteiger partial charge in [0.15, 0.2) is 0 Å². The van der Waals surface area contributed by atoms with Gasteiger partial charge in [0, 0.05) is 13.1 Å². The second-order valence-corrected chi connectivity index (χ2v) is 10.4. The Labute approximate surface area is 197 Å². The van der Waals surface area contributed by atoms with Gasteiger partial charge in [0.1, 0.15) is 12.6 Å². The summed E-state index contributed by atoms with van der Waals surface area (Å²) in [5, 5.41) is 2.83. The maximum Gasteiger partial charge on any atom is 0.244 e. The lowest BCUT2D eigenvalue weighted by Crippen LogP contribution is -2.51. The van der Waals surface area contributed by atoms with E-state index in [9.17, 15) is 18.0 Å². The van der Waals surface area contributed by atoms with Crippen molar-refractivity contribution < 1.29 is 18.0 Å². The van der Waals surface area contributed by atoms with Crippen LogP contribution in [0.1, 0.15) is 42.5 Å². The van der Waals surface area contributed by atoms with E-state index in [-0.39, 0.29) is 19.0 Å². The number of carbonyl (C=O) groups is 2. The Kier molecular flexibility index (Phi) is 9.05. The number of nitrogens with one attached hydrogen (secondary N) is 1. The lowest BCUT2D eigenvalue weighted by atomic mass is 10.1. The number of aryl methyl sites for hydroxylation is 3. The van der Waals surface area contributed by atoms with Crippen LogP contribution in [0.4, 0.5) is 5.69 Å². The fraction of sp³-hybridized carbons (Fsp3) is 0.440. The van der Waals surface area contributed by atoms with Crippen molar-refractivity contribution >= 4 is 27.5 Å². The summed E-state index contributed by atoms with van der Waals surface area (Å²) in [5.74, 6) is -0.711. The van der Waals surface area contributed by atoms with E-state index in [4.69, 9.17) is 0 Å². The number of sulfonamides is 1. The molecule has 0 unspecified atom stereocenters. The Hall–Kier alpha value is -2.87. The molecule has 2 aromatic carbocycles. The second kappa shape index (κ2) is 11.3. The standard InChI is InChI=1S/C25H35N3O4S/c1-7-13-26-25(30)21(5)27(16-22-10-8-9-18(2)14-22)24(29)17-28(33(6,31)32)23-15-19(3)11-12-20(23)4/h8-12,14-15,21H,7,13,16-17H2,1-6H3,(H,26,30)/t21-/m1/s1. The third-order valence-corrected chi connectivity index (χ3v) is 6.59. The minimum atomic E-state index is -3.74. The van der Waals surface area contributed by atoms with E-state index in [2.05, 4.69) is 5.32 Å². The lowest BCUT2D eigenvalue weighted by molar-refractivity contribution is -0.139. The van der Waals surface area contributed by atoms with E-state index in [0.717, 1.165) is 39.2 Å². The molecule has 0 aromatic heterocycles. The molecule has 0 radical (unpaired) electrons. The molecule has 1 N–H and O–H groups in total. The van der Waals surface area contributed by atoms with Gasteiger partial charge in [-0.3, -0.25) is 13.9 Å². The molecule has 0 spiro atoms. The van der Waals surface area contributed by atoms with Crippen molar-refractivity contribution in [3.63, 3.8) is 0 Å². The highest BCUT2D eigenvalue weighted by Crippen LogP contribution is 2.24. The number of amides is 2. The van der Waals surface area contributed by atoms with Gasteiger partial charge in [0.2, 0.25) is 21.8 Å². The maximum absolute atomic E-state index is 13.5. The van der Waals surface area contributed by atoms with Crippen molar-refractivity contribution in [2.24, 2.45) is 0 Å². The number of hydrogen-bond donors (Lipinski definition) is 1. The fourth-order valence-corrected chi connectivity index (χ4v) is 4.47. The summed E-state index contributed by atoms with van der Waals surface area (Å²) in [6.45, 7) is 9.58. The maximum atomic E-state index is 13.5. The van der Waals surface area contributed by atoms with Gasteiger partial charge in [-0.2, -0.15) is 0 Å². The van der Waals surface area contributed by atoms with Crippen molar-refractivity contribution in [3.05, 3.63) is 64.7 Å². The molecule has 1 atom stereocenters. The third-order valence-electron chi connectivity index (χ3n) is 5.46. The van der Waals surface area contributed by atoms with Crippen molar-refractivity contribution in [2.45, 2.75) is 53.6 Å². The molecule has 7 nitrogen and oxygen atoms in total. The highest BCUT2D eigenvalue weighted by molar-refractivity contribution is 7.92. The van der Waals surface area contributed by atoms with Crippen LogP contribution in [0.3, 0.4) is 0 Å². The van der Waals surface area contributed by atoms with Crippen LogP contribution in [0.25, 0.3) is 0 Å². The summed E-state index contributed by atoms with van der Waals surface area (Å²) in [7, 11) is -3.74. The molecule has 2 amide bonds. The quantitative estimate of drug-likeness (QED) is 0.574. The number of rotatable bonds is 10. The van der Waals surface area contributed by atoms with Gasteiger partial charge in [0.05, 0.1) is 11.9 Å². The van der Waals surface area contributed by atoms with Crippen LogP contribution in [0.2, 0.25) is 0 Å². The van der Waals surface area contributed by atoms with Crippen LogP contribution in [0.5, 0.6) is 0 Å². The Morgan fingerprint density at radius 2 is 1.70 bits per heavy atom. The summed E-state index contributed by atoms with van der Waals surface area (Å²) in [6.07, 6.45) is 1.86. The number of nitrogens with zero attached hydrogens (tertiary/aromatic N) is 2. The minimum absolute atomic E-state index is 0.200. The lowest BCUT2D eigenvalue weighted by Gasteiger charge is -2.32. The summed E-state index contributed by atoms with van der Waals surface area (Å²) in [5.41, 5.74) is 4.01. The first kappa shape index (κ1) is 26.4. The van der Waals surface area contributed by atoms with Crippen molar-refractivity contribution in [1.82, 2.24) is 10.2 Å². The number of carbonyl (C=O) groups excluding carboxylic acids is 2. The van der Waals surface area contributed by atoms with E-state index in [1.165, 1.54) is 4.90 Å². The van der Waals surface area contributed by atoms with E-state index in [1.54, 1.807) is 13.0 Å². The van der Waals surface area contributed by atoms with Crippen molar-refractivity contribution in [2.75, 3.05) is 23.7 Å². The van der Waals surface area contributed by atoms with Crippen LogP contribution in [-0.2, 0) is 26.2 Å². The average Bonchev–Trinajstić information content (AvgIpc) is 2.74. The van der Waals surface area contributed by atoms with E-state index < -0.39 is 22.0 Å². The summed E-state index contributed by atoms with van der Waals surface area (Å²) >= 11 is 0. The zero-order valence-corrected chi connectivity index (χ0v) is 21.2. The largest absolute Gasteiger partial charge is 0.354 e. The van der Waals surface area contributed by atoms with Crippen molar-refractivity contribution in [3.8, 4) is 0 Å². The predicted octanol–water partition coefficient (Wildman–Crippen LogP) is 3.32. The molecule has 0 aliphatic carbocycles. The Morgan fingerprint density at radius 3 is 2.30 bits per heavy atom. The monoisotopic (exact) mass is 473 g/mol. The van der Waals surface area contributed by atoms with Crippen LogP contribution >= 0.6 is 0 Å². The van der Waals surface area contributed by atoms with Crippen LogP contribution in [0, 0.1) is 20.8 Å². The molecule has 0 aliphatic heterocycles. The molecule has 33 heavy (non-hydrogen) atoms. The zero-order chi connectivity index (χ0) is 24.8. The first-order valence-electron chi connectivity index (χ1n) is 11.1. The number of hydrogen-bond acceptors (Lipinski definition) is 4. The Morgan fingerprint density at radius 1 is 1.03 bits per heavy atom. The molecular formula is C25H35N3O4S. The number of anilines is 1.